The van der Waals surface area contributed by atoms with Crippen LogP contribution in [0.2, 0.25) is 0 Å². The van der Waals surface area contributed by atoms with E-state index in [-0.39, 0.29) is 6.54 Å². The fourth-order valence-electron chi connectivity index (χ4n) is 4.25. The maximum absolute atomic E-state index is 11.3. The van der Waals surface area contributed by atoms with E-state index in [2.05, 4.69) is 9.71 Å². The lowest BCUT2D eigenvalue weighted by Crippen LogP contribution is -2.51. The molecule has 3 aromatic heterocycles. The number of nitrogens with zero attached hydrogens (tertiary/aromatic N) is 6. The van der Waals surface area contributed by atoms with Gasteiger partial charge in [-0.1, -0.05) is 12.1 Å². The predicted molar refractivity (Wildman–Crippen MR) is 138 cm³/mol. The zero-order chi connectivity index (χ0) is 26.8. The third-order valence-corrected chi connectivity index (χ3v) is 6.32. The number of para-hydroxylation sites is 1. The number of methoxy groups -OCH3 is 2. The standard InChI is InChI=1S/C24H27N7O6S/c1-4-37-19-10-5-7-15(26-19)23-29-21-24(31(23)20-17(35-2)8-6-9-18(20)36-3)27-16(11-25-38(33)34)22(28-21)30-12-14(32)13-30/h5-10,14,25,32H,4,11-13H2,1-3H3,(H,33,34)/p-1. The number of aromatic nitrogens is 5. The summed E-state index contributed by atoms with van der Waals surface area (Å²) in [6.07, 6.45) is -0.501. The van der Waals surface area contributed by atoms with Crippen molar-refractivity contribution in [1.82, 2.24) is 29.2 Å². The first-order valence-electron chi connectivity index (χ1n) is 11.8. The van der Waals surface area contributed by atoms with Gasteiger partial charge in [0.15, 0.2) is 22.9 Å². The SMILES string of the molecule is CCOc1cccc(-c2nc3nc(N4CC(O)C4)c(CNS(=O)[O-])nc3n2-c2c(OC)cccc2OC)n1. The molecule has 0 amide bonds. The van der Waals surface area contributed by atoms with Crippen molar-refractivity contribution in [1.29, 1.82) is 0 Å². The largest absolute Gasteiger partial charge is 0.760 e. The van der Waals surface area contributed by atoms with E-state index in [9.17, 15) is 13.9 Å². The number of rotatable bonds is 10. The molecular formula is C24H26N7O6S-. The van der Waals surface area contributed by atoms with Crippen LogP contribution in [0.1, 0.15) is 12.6 Å². The van der Waals surface area contributed by atoms with Gasteiger partial charge in [-0.3, -0.25) is 8.78 Å². The molecule has 4 aromatic rings. The van der Waals surface area contributed by atoms with E-state index >= 15 is 0 Å². The Bertz CT molecular complexity index is 1470. The maximum Gasteiger partial charge on any atom is 0.213 e. The van der Waals surface area contributed by atoms with Gasteiger partial charge in [-0.05, 0) is 25.1 Å². The first-order chi connectivity index (χ1) is 18.4. The first-order valence-corrected chi connectivity index (χ1v) is 12.9. The fourth-order valence-corrected chi connectivity index (χ4v) is 4.50. The molecule has 1 aromatic carbocycles. The number of β-amino-alcohol motifs (C(OH)–C–C–N with tert-alkyl or cyclic N) is 1. The number of hydrogen-bond acceptors (Lipinski definition) is 11. The van der Waals surface area contributed by atoms with Crippen molar-refractivity contribution < 1.29 is 28.1 Å². The topological polar surface area (TPSA) is 160 Å². The van der Waals surface area contributed by atoms with Crippen LogP contribution in [0.5, 0.6) is 17.4 Å². The Hall–Kier alpha value is -3.85. The normalized spacial score (nSPS) is 14.4. The van der Waals surface area contributed by atoms with Crippen LogP contribution < -0.4 is 23.8 Å². The summed E-state index contributed by atoms with van der Waals surface area (Å²) < 4.78 is 43.6. The van der Waals surface area contributed by atoms with Gasteiger partial charge in [0.1, 0.15) is 28.6 Å². The predicted octanol–water partition coefficient (Wildman–Crippen LogP) is 1.36. The maximum atomic E-state index is 11.3. The van der Waals surface area contributed by atoms with Gasteiger partial charge in [0.05, 0.1) is 33.5 Å². The molecule has 1 unspecified atom stereocenters. The van der Waals surface area contributed by atoms with Gasteiger partial charge in [-0.25, -0.2) is 24.7 Å². The molecule has 2 N–H and O–H groups in total. The van der Waals surface area contributed by atoms with Gasteiger partial charge in [-0.15, -0.1) is 0 Å². The summed E-state index contributed by atoms with van der Waals surface area (Å²) in [6, 6.07) is 10.7. The van der Waals surface area contributed by atoms with Gasteiger partial charge in [0, 0.05) is 30.4 Å². The van der Waals surface area contributed by atoms with Gasteiger partial charge in [-0.2, -0.15) is 0 Å². The number of nitrogens with one attached hydrogen (secondary N) is 1. The van der Waals surface area contributed by atoms with Crippen LogP contribution in [0, 0.1) is 0 Å². The minimum absolute atomic E-state index is 0.109. The molecule has 200 valence electrons. The van der Waals surface area contributed by atoms with Crippen LogP contribution in [0.3, 0.4) is 0 Å². The van der Waals surface area contributed by atoms with Crippen molar-refractivity contribution in [3.63, 3.8) is 0 Å². The van der Waals surface area contributed by atoms with Crippen molar-refractivity contribution >= 4 is 28.4 Å². The monoisotopic (exact) mass is 540 g/mol. The van der Waals surface area contributed by atoms with Crippen LogP contribution in [0.25, 0.3) is 28.5 Å². The molecule has 0 bridgehead atoms. The molecule has 0 aliphatic carbocycles. The molecule has 13 nitrogen and oxygen atoms in total. The lowest BCUT2D eigenvalue weighted by molar-refractivity contribution is 0.141. The lowest BCUT2D eigenvalue weighted by atomic mass is 10.1. The average molecular weight is 541 g/mol. The summed E-state index contributed by atoms with van der Waals surface area (Å²) in [5, 5.41) is 9.86. The molecule has 1 atom stereocenters. The third-order valence-electron chi connectivity index (χ3n) is 5.94. The molecule has 1 aliphatic heterocycles. The summed E-state index contributed by atoms with van der Waals surface area (Å²) in [5.74, 6) is 2.23. The number of aliphatic hydroxyl groups excluding tert-OH is 1. The summed E-state index contributed by atoms with van der Waals surface area (Å²) >= 11 is -2.51. The zero-order valence-electron chi connectivity index (χ0n) is 20.9. The molecular weight excluding hydrogens is 514 g/mol. The molecule has 1 fully saturated rings. The Morgan fingerprint density at radius 1 is 1.08 bits per heavy atom. The van der Waals surface area contributed by atoms with Gasteiger partial charge < -0.3 is 28.8 Å². The number of ether oxygens (including phenoxy) is 3. The second-order valence-corrected chi connectivity index (χ2v) is 9.09. The third kappa shape index (κ3) is 4.86. The van der Waals surface area contributed by atoms with Crippen LogP contribution in [-0.2, 0) is 17.8 Å². The Morgan fingerprint density at radius 2 is 1.79 bits per heavy atom. The smallest absolute Gasteiger partial charge is 0.213 e. The minimum atomic E-state index is -2.51. The molecule has 5 rings (SSSR count). The number of hydrogen-bond donors (Lipinski definition) is 2. The highest BCUT2D eigenvalue weighted by molar-refractivity contribution is 7.77. The van der Waals surface area contributed by atoms with E-state index in [0.717, 1.165) is 0 Å². The van der Waals surface area contributed by atoms with E-state index in [4.69, 9.17) is 29.2 Å². The van der Waals surface area contributed by atoms with Gasteiger partial charge in [0.25, 0.3) is 0 Å². The molecule has 4 heterocycles. The van der Waals surface area contributed by atoms with Crippen LogP contribution in [0.4, 0.5) is 5.82 Å². The highest BCUT2D eigenvalue weighted by Gasteiger charge is 2.31. The summed E-state index contributed by atoms with van der Waals surface area (Å²) in [7, 11) is 3.09. The van der Waals surface area contributed by atoms with Crippen molar-refractivity contribution in [2.45, 2.75) is 19.6 Å². The number of fused-ring (bicyclic) bond motifs is 1. The van der Waals surface area contributed by atoms with E-state index < -0.39 is 17.4 Å². The van der Waals surface area contributed by atoms with Gasteiger partial charge in [0.2, 0.25) is 5.88 Å². The molecule has 1 aliphatic rings. The van der Waals surface area contributed by atoms with E-state index in [0.29, 0.717) is 77.1 Å². The van der Waals surface area contributed by atoms with Gasteiger partial charge >= 0.3 is 0 Å². The highest BCUT2D eigenvalue weighted by atomic mass is 32.2. The molecule has 38 heavy (non-hydrogen) atoms. The van der Waals surface area contributed by atoms with E-state index in [1.165, 1.54) is 0 Å². The number of anilines is 1. The van der Waals surface area contributed by atoms with Crippen LogP contribution in [0.15, 0.2) is 36.4 Å². The molecule has 0 radical (unpaired) electrons. The Kier molecular flexibility index (Phi) is 7.37. The number of benzene rings is 1. The van der Waals surface area contributed by atoms with Crippen molar-refractivity contribution in [2.24, 2.45) is 0 Å². The van der Waals surface area contributed by atoms with Crippen molar-refractivity contribution in [2.75, 3.05) is 38.8 Å². The first kappa shape index (κ1) is 25.8. The second kappa shape index (κ2) is 10.9. The summed E-state index contributed by atoms with van der Waals surface area (Å²) in [5.41, 5.74) is 2.01. The quantitative estimate of drug-likeness (QED) is 0.280. The summed E-state index contributed by atoms with van der Waals surface area (Å²) in [4.78, 5) is 20.8. The highest BCUT2D eigenvalue weighted by Crippen LogP contribution is 2.38. The van der Waals surface area contributed by atoms with Crippen LogP contribution >= 0.6 is 0 Å². The Labute approximate surface area is 220 Å². The van der Waals surface area contributed by atoms with Crippen molar-refractivity contribution in [3.8, 4) is 34.6 Å². The fraction of sp³-hybridized carbons (Fsp3) is 0.333. The number of aliphatic hydroxyl groups is 1. The molecule has 0 spiro atoms. The molecule has 1 saturated heterocycles. The Balaban J connectivity index is 1.80. The summed E-state index contributed by atoms with van der Waals surface area (Å²) in [6.45, 7) is 2.90. The zero-order valence-corrected chi connectivity index (χ0v) is 21.8. The molecule has 0 saturated carbocycles. The lowest BCUT2D eigenvalue weighted by Gasteiger charge is -2.37. The van der Waals surface area contributed by atoms with E-state index in [1.807, 2.05) is 17.9 Å². The van der Waals surface area contributed by atoms with Crippen molar-refractivity contribution in [3.05, 3.63) is 42.1 Å². The van der Waals surface area contributed by atoms with Crippen LogP contribution in [-0.4, -0.2) is 78.4 Å². The number of pyridine rings is 1. The number of imidazole rings is 1. The Morgan fingerprint density at radius 3 is 2.42 bits per heavy atom. The second-order valence-electron chi connectivity index (χ2n) is 8.33. The van der Waals surface area contributed by atoms with E-state index in [1.54, 1.807) is 49.1 Å². The molecule has 14 heteroatoms. The minimum Gasteiger partial charge on any atom is -0.760 e. The average Bonchev–Trinajstić information content (AvgIpc) is 3.27.